The predicted octanol–water partition coefficient (Wildman–Crippen LogP) is 2.73. The van der Waals surface area contributed by atoms with Crippen LogP contribution in [0.4, 0.5) is 0 Å². The highest BCUT2D eigenvalue weighted by Gasteiger charge is 2.09. The number of thioether (sulfide) groups is 1. The fourth-order valence-electron chi connectivity index (χ4n) is 1.75. The third-order valence-corrected chi connectivity index (χ3v) is 4.54. The summed E-state index contributed by atoms with van der Waals surface area (Å²) in [7, 11) is 1.60. The van der Waals surface area contributed by atoms with E-state index in [1.807, 2.05) is 23.6 Å². The normalized spacial score (nSPS) is 10.8. The molecule has 3 heterocycles. The lowest BCUT2D eigenvalue weighted by atomic mass is 10.4. The first-order valence-corrected chi connectivity index (χ1v) is 8.07. The Hall–Kier alpha value is -1.93. The van der Waals surface area contributed by atoms with Crippen LogP contribution >= 0.6 is 23.1 Å². The van der Waals surface area contributed by atoms with E-state index >= 15 is 0 Å². The maximum absolute atomic E-state index is 5.06. The third-order valence-electron chi connectivity index (χ3n) is 2.74. The molecule has 0 unspecified atom stereocenters. The van der Waals surface area contributed by atoms with Crippen LogP contribution in [0.5, 0.6) is 5.88 Å². The second kappa shape index (κ2) is 6.23. The Bertz CT molecular complexity index is 722. The molecule has 3 aromatic heterocycles. The fourth-order valence-corrected chi connectivity index (χ4v) is 3.29. The number of hydrogen-bond donors (Lipinski definition) is 0. The smallest absolute Gasteiger partial charge is 0.213 e. The minimum atomic E-state index is 0.582. The number of methoxy groups -OCH3 is 1. The van der Waals surface area contributed by atoms with Crippen LogP contribution in [0.1, 0.15) is 10.7 Å². The molecule has 0 saturated carbocycles. The molecular weight excluding hydrogens is 306 g/mol. The summed E-state index contributed by atoms with van der Waals surface area (Å²) >= 11 is 3.25. The van der Waals surface area contributed by atoms with Crippen molar-refractivity contribution in [3.63, 3.8) is 0 Å². The molecule has 3 rings (SSSR count). The van der Waals surface area contributed by atoms with Crippen molar-refractivity contribution in [3.8, 4) is 11.6 Å². The molecule has 108 valence electrons. The molecule has 0 aliphatic rings. The van der Waals surface area contributed by atoms with Crippen molar-refractivity contribution in [2.24, 2.45) is 0 Å². The number of pyridine rings is 1. The number of aromatic nitrogens is 5. The molecule has 0 aliphatic carbocycles. The Balaban J connectivity index is 1.76. The summed E-state index contributed by atoms with van der Waals surface area (Å²) in [5.41, 5.74) is 1.96. The number of nitrogens with zero attached hydrogens (tertiary/aromatic N) is 5. The van der Waals surface area contributed by atoms with Crippen LogP contribution in [0, 0.1) is 6.92 Å². The molecule has 0 fully saturated rings. The summed E-state index contributed by atoms with van der Waals surface area (Å²) in [6.45, 7) is 2.00. The van der Waals surface area contributed by atoms with Gasteiger partial charge in [0.1, 0.15) is 6.33 Å². The zero-order valence-electron chi connectivity index (χ0n) is 11.6. The van der Waals surface area contributed by atoms with E-state index < -0.39 is 0 Å². The van der Waals surface area contributed by atoms with Gasteiger partial charge in [-0.3, -0.25) is 4.57 Å². The van der Waals surface area contributed by atoms with E-state index in [0.29, 0.717) is 5.88 Å². The Labute approximate surface area is 130 Å². The Morgan fingerprint density at radius 1 is 1.38 bits per heavy atom. The largest absolute Gasteiger partial charge is 0.481 e. The Morgan fingerprint density at radius 2 is 2.29 bits per heavy atom. The van der Waals surface area contributed by atoms with Gasteiger partial charge in [0.25, 0.3) is 0 Å². The number of aryl methyl sites for hydroxylation is 1. The standard InChI is InChI=1S/C13H13N5OS2/c1-9-16-10(6-20-9)7-21-13-17-15-8-18(13)11-3-4-12(19-2)14-5-11/h3-6,8H,7H2,1-2H3. The van der Waals surface area contributed by atoms with Gasteiger partial charge in [0.15, 0.2) is 5.16 Å². The highest BCUT2D eigenvalue weighted by atomic mass is 32.2. The van der Waals surface area contributed by atoms with E-state index in [1.165, 1.54) is 0 Å². The molecule has 0 aromatic carbocycles. The first-order chi connectivity index (χ1) is 10.3. The van der Waals surface area contributed by atoms with E-state index in [-0.39, 0.29) is 0 Å². The quantitative estimate of drug-likeness (QED) is 0.674. The summed E-state index contributed by atoms with van der Waals surface area (Å²) in [5, 5.41) is 12.1. The Kier molecular flexibility index (Phi) is 4.16. The lowest BCUT2D eigenvalue weighted by Gasteiger charge is -2.06. The van der Waals surface area contributed by atoms with Crippen molar-refractivity contribution in [1.29, 1.82) is 0 Å². The maximum atomic E-state index is 5.06. The van der Waals surface area contributed by atoms with Crippen molar-refractivity contribution in [3.05, 3.63) is 40.7 Å². The van der Waals surface area contributed by atoms with Crippen LogP contribution in [0.2, 0.25) is 0 Å². The number of hydrogen-bond acceptors (Lipinski definition) is 7. The van der Waals surface area contributed by atoms with E-state index in [0.717, 1.165) is 27.3 Å². The molecule has 0 radical (unpaired) electrons. The summed E-state index contributed by atoms with van der Waals surface area (Å²) in [5.74, 6) is 1.35. The van der Waals surface area contributed by atoms with Crippen molar-refractivity contribution in [2.45, 2.75) is 17.8 Å². The summed E-state index contributed by atoms with van der Waals surface area (Å²) in [6.07, 6.45) is 3.41. The second-order valence-corrected chi connectivity index (χ2v) is 6.19. The summed E-state index contributed by atoms with van der Waals surface area (Å²) in [4.78, 5) is 8.64. The highest BCUT2D eigenvalue weighted by Crippen LogP contribution is 2.24. The zero-order valence-corrected chi connectivity index (χ0v) is 13.2. The molecule has 0 N–H and O–H groups in total. The minimum Gasteiger partial charge on any atom is -0.481 e. The Morgan fingerprint density at radius 3 is 2.95 bits per heavy atom. The molecule has 3 aromatic rings. The van der Waals surface area contributed by atoms with Gasteiger partial charge in [-0.05, 0) is 13.0 Å². The number of thiazole rings is 1. The highest BCUT2D eigenvalue weighted by molar-refractivity contribution is 7.98. The third kappa shape index (κ3) is 3.22. The SMILES string of the molecule is COc1ccc(-n2cnnc2SCc2csc(C)n2)cn1. The van der Waals surface area contributed by atoms with Gasteiger partial charge in [0.2, 0.25) is 5.88 Å². The van der Waals surface area contributed by atoms with E-state index in [2.05, 4.69) is 25.5 Å². The first kappa shape index (κ1) is 14.0. The maximum Gasteiger partial charge on any atom is 0.213 e. The van der Waals surface area contributed by atoms with Crippen LogP contribution in [-0.2, 0) is 5.75 Å². The zero-order chi connectivity index (χ0) is 14.7. The molecule has 8 heteroatoms. The first-order valence-electron chi connectivity index (χ1n) is 6.20. The molecule has 0 bridgehead atoms. The van der Waals surface area contributed by atoms with Crippen LogP contribution in [0.15, 0.2) is 35.2 Å². The van der Waals surface area contributed by atoms with Gasteiger partial charge in [-0.25, -0.2) is 9.97 Å². The molecule has 6 nitrogen and oxygen atoms in total. The van der Waals surface area contributed by atoms with E-state index in [4.69, 9.17) is 4.74 Å². The average molecular weight is 319 g/mol. The number of ether oxygens (including phenoxy) is 1. The molecule has 0 aliphatic heterocycles. The fraction of sp³-hybridized carbons (Fsp3) is 0.231. The summed E-state index contributed by atoms with van der Waals surface area (Å²) in [6, 6.07) is 3.74. The van der Waals surface area contributed by atoms with Gasteiger partial charge in [-0.1, -0.05) is 11.8 Å². The molecule has 0 spiro atoms. The molecule has 0 atom stereocenters. The topological polar surface area (TPSA) is 65.7 Å². The number of rotatable bonds is 5. The monoisotopic (exact) mass is 319 g/mol. The van der Waals surface area contributed by atoms with Crippen molar-refractivity contribution in [1.82, 2.24) is 24.7 Å². The van der Waals surface area contributed by atoms with E-state index in [9.17, 15) is 0 Å². The van der Waals surface area contributed by atoms with Crippen LogP contribution in [-0.4, -0.2) is 31.8 Å². The van der Waals surface area contributed by atoms with Crippen molar-refractivity contribution < 1.29 is 4.74 Å². The minimum absolute atomic E-state index is 0.582. The van der Waals surface area contributed by atoms with Gasteiger partial charge >= 0.3 is 0 Å². The van der Waals surface area contributed by atoms with Gasteiger partial charge in [0, 0.05) is 17.2 Å². The van der Waals surface area contributed by atoms with Crippen LogP contribution < -0.4 is 4.74 Å². The molecule has 21 heavy (non-hydrogen) atoms. The van der Waals surface area contributed by atoms with Crippen LogP contribution in [0.3, 0.4) is 0 Å². The average Bonchev–Trinajstić information content (AvgIpc) is 3.14. The second-order valence-electron chi connectivity index (χ2n) is 4.19. The van der Waals surface area contributed by atoms with Gasteiger partial charge in [0.05, 0.1) is 29.7 Å². The van der Waals surface area contributed by atoms with Gasteiger partial charge < -0.3 is 4.74 Å². The van der Waals surface area contributed by atoms with Gasteiger partial charge in [-0.15, -0.1) is 21.5 Å². The summed E-state index contributed by atoms with van der Waals surface area (Å²) < 4.78 is 6.96. The van der Waals surface area contributed by atoms with Crippen LogP contribution in [0.25, 0.3) is 5.69 Å². The lowest BCUT2D eigenvalue weighted by Crippen LogP contribution is -1.97. The molecular formula is C13H13N5OS2. The molecule has 0 saturated heterocycles. The van der Waals surface area contributed by atoms with Crippen molar-refractivity contribution >= 4 is 23.1 Å². The van der Waals surface area contributed by atoms with Gasteiger partial charge in [-0.2, -0.15) is 0 Å². The molecule has 0 amide bonds. The predicted molar refractivity (Wildman–Crippen MR) is 82.1 cm³/mol. The van der Waals surface area contributed by atoms with E-state index in [1.54, 1.807) is 42.7 Å². The van der Waals surface area contributed by atoms with Crippen molar-refractivity contribution in [2.75, 3.05) is 7.11 Å². The lowest BCUT2D eigenvalue weighted by molar-refractivity contribution is 0.397.